The molecule has 2 rings (SSSR count). The zero-order chi connectivity index (χ0) is 17.4. The van der Waals surface area contributed by atoms with Gasteiger partial charge in [-0.3, -0.25) is 0 Å². The van der Waals surface area contributed by atoms with Crippen molar-refractivity contribution in [3.63, 3.8) is 0 Å². The number of aromatic nitrogens is 2. The third-order valence-electron chi connectivity index (χ3n) is 3.82. The van der Waals surface area contributed by atoms with E-state index in [0.29, 0.717) is 6.54 Å². The molecule has 0 unspecified atom stereocenters. The molecule has 0 saturated carbocycles. The quantitative estimate of drug-likeness (QED) is 0.782. The largest absolute Gasteiger partial charge is 0.497 e. The SMILES string of the molecule is COc1ccc(CC[C@@H](C)NC(=O)N[C@@H](C)Cn2ccnc2)cc1. The van der Waals surface area contributed by atoms with Crippen molar-refractivity contribution in [2.45, 2.75) is 45.3 Å². The average Bonchev–Trinajstić information content (AvgIpc) is 3.06. The van der Waals surface area contributed by atoms with E-state index in [2.05, 4.69) is 27.8 Å². The molecule has 0 spiro atoms. The van der Waals surface area contributed by atoms with Crippen LogP contribution in [0.4, 0.5) is 4.79 Å². The molecule has 2 amide bonds. The van der Waals surface area contributed by atoms with Crippen LogP contribution in [-0.2, 0) is 13.0 Å². The number of carbonyl (C=O) groups excluding carboxylic acids is 1. The average molecular weight is 330 g/mol. The number of aryl methyl sites for hydroxylation is 1. The highest BCUT2D eigenvalue weighted by molar-refractivity contribution is 5.74. The van der Waals surface area contributed by atoms with Crippen molar-refractivity contribution in [2.75, 3.05) is 7.11 Å². The third kappa shape index (κ3) is 5.95. The lowest BCUT2D eigenvalue weighted by Crippen LogP contribution is -2.45. The molecule has 2 atom stereocenters. The van der Waals surface area contributed by atoms with E-state index in [4.69, 9.17) is 4.74 Å². The maximum atomic E-state index is 12.0. The maximum absolute atomic E-state index is 12.0. The van der Waals surface area contributed by atoms with Crippen molar-refractivity contribution < 1.29 is 9.53 Å². The fraction of sp³-hybridized carbons (Fsp3) is 0.444. The Balaban J connectivity index is 1.68. The van der Waals surface area contributed by atoms with E-state index in [1.54, 1.807) is 19.6 Å². The van der Waals surface area contributed by atoms with E-state index in [9.17, 15) is 4.79 Å². The molecule has 6 nitrogen and oxygen atoms in total. The summed E-state index contributed by atoms with van der Waals surface area (Å²) in [6, 6.07) is 8.03. The minimum absolute atomic E-state index is 0.0352. The Labute approximate surface area is 143 Å². The van der Waals surface area contributed by atoms with Crippen LogP contribution in [0, 0.1) is 0 Å². The van der Waals surface area contributed by atoms with Crippen LogP contribution in [0.5, 0.6) is 5.75 Å². The number of rotatable bonds is 8. The van der Waals surface area contributed by atoms with Gasteiger partial charge in [0.05, 0.1) is 13.4 Å². The summed E-state index contributed by atoms with van der Waals surface area (Å²) in [5.41, 5.74) is 1.23. The number of nitrogens with zero attached hydrogens (tertiary/aromatic N) is 2. The molecule has 1 aromatic carbocycles. The summed E-state index contributed by atoms with van der Waals surface area (Å²) in [7, 11) is 1.66. The zero-order valence-corrected chi connectivity index (χ0v) is 14.5. The molecule has 2 N–H and O–H groups in total. The first-order valence-corrected chi connectivity index (χ1v) is 8.22. The van der Waals surface area contributed by atoms with E-state index in [-0.39, 0.29) is 18.1 Å². The molecule has 0 aliphatic heterocycles. The number of urea groups is 1. The first kappa shape index (κ1) is 17.8. The van der Waals surface area contributed by atoms with Gasteiger partial charge in [0.25, 0.3) is 0 Å². The van der Waals surface area contributed by atoms with Gasteiger partial charge in [-0.05, 0) is 44.4 Å². The Hall–Kier alpha value is -2.50. The molecular formula is C18H26N4O2. The van der Waals surface area contributed by atoms with Crippen LogP contribution in [0.2, 0.25) is 0 Å². The fourth-order valence-corrected chi connectivity index (χ4v) is 2.49. The van der Waals surface area contributed by atoms with E-state index in [1.807, 2.05) is 36.7 Å². The lowest BCUT2D eigenvalue weighted by molar-refractivity contribution is 0.233. The second-order valence-electron chi connectivity index (χ2n) is 6.07. The second kappa shape index (κ2) is 8.96. The van der Waals surface area contributed by atoms with E-state index in [1.165, 1.54) is 5.56 Å². The summed E-state index contributed by atoms with van der Waals surface area (Å²) in [6.07, 6.45) is 7.15. The molecule has 0 bridgehead atoms. The van der Waals surface area contributed by atoms with Gasteiger partial charge in [0.2, 0.25) is 0 Å². The molecular weight excluding hydrogens is 304 g/mol. The first-order valence-electron chi connectivity index (χ1n) is 8.22. The van der Waals surface area contributed by atoms with Crippen LogP contribution in [-0.4, -0.2) is 34.8 Å². The van der Waals surface area contributed by atoms with Gasteiger partial charge in [0.1, 0.15) is 5.75 Å². The number of ether oxygens (including phenoxy) is 1. The van der Waals surface area contributed by atoms with Crippen molar-refractivity contribution in [2.24, 2.45) is 0 Å². The van der Waals surface area contributed by atoms with Crippen molar-refractivity contribution in [3.8, 4) is 5.75 Å². The van der Waals surface area contributed by atoms with Crippen molar-refractivity contribution in [3.05, 3.63) is 48.5 Å². The zero-order valence-electron chi connectivity index (χ0n) is 14.5. The number of benzene rings is 1. The number of methoxy groups -OCH3 is 1. The normalized spacial score (nSPS) is 13.1. The molecule has 24 heavy (non-hydrogen) atoms. The summed E-state index contributed by atoms with van der Waals surface area (Å²) >= 11 is 0. The van der Waals surface area contributed by atoms with Gasteiger partial charge in [-0.1, -0.05) is 12.1 Å². The molecule has 1 heterocycles. The Morgan fingerprint density at radius 2 is 1.92 bits per heavy atom. The summed E-state index contributed by atoms with van der Waals surface area (Å²) < 4.78 is 7.09. The Kier molecular flexibility index (Phi) is 6.66. The topological polar surface area (TPSA) is 68.2 Å². The monoisotopic (exact) mass is 330 g/mol. The van der Waals surface area contributed by atoms with Crippen LogP contribution in [0.25, 0.3) is 0 Å². The van der Waals surface area contributed by atoms with E-state index < -0.39 is 0 Å². The van der Waals surface area contributed by atoms with Crippen LogP contribution < -0.4 is 15.4 Å². The predicted molar refractivity (Wildman–Crippen MR) is 94.1 cm³/mol. The lowest BCUT2D eigenvalue weighted by Gasteiger charge is -2.18. The number of hydrogen-bond donors (Lipinski definition) is 2. The lowest BCUT2D eigenvalue weighted by atomic mass is 10.1. The van der Waals surface area contributed by atoms with Gasteiger partial charge in [-0.15, -0.1) is 0 Å². The fourth-order valence-electron chi connectivity index (χ4n) is 2.49. The summed E-state index contributed by atoms with van der Waals surface area (Å²) in [5, 5.41) is 5.93. The summed E-state index contributed by atoms with van der Waals surface area (Å²) in [4.78, 5) is 16.0. The van der Waals surface area contributed by atoms with Gasteiger partial charge in [-0.25, -0.2) is 9.78 Å². The molecule has 0 radical (unpaired) electrons. The first-order chi connectivity index (χ1) is 11.6. The third-order valence-corrected chi connectivity index (χ3v) is 3.82. The van der Waals surface area contributed by atoms with E-state index in [0.717, 1.165) is 18.6 Å². The molecule has 2 aromatic rings. The molecule has 0 fully saturated rings. The van der Waals surface area contributed by atoms with Gasteiger partial charge in [0, 0.05) is 31.0 Å². The molecule has 0 aliphatic carbocycles. The van der Waals surface area contributed by atoms with Crippen LogP contribution in [0.15, 0.2) is 43.0 Å². The van der Waals surface area contributed by atoms with Crippen molar-refractivity contribution in [1.82, 2.24) is 20.2 Å². The highest BCUT2D eigenvalue weighted by atomic mass is 16.5. The molecule has 130 valence electrons. The molecule has 0 aliphatic rings. The maximum Gasteiger partial charge on any atom is 0.315 e. The van der Waals surface area contributed by atoms with Crippen LogP contribution in [0.3, 0.4) is 0 Å². The van der Waals surface area contributed by atoms with E-state index >= 15 is 0 Å². The number of hydrogen-bond acceptors (Lipinski definition) is 3. The van der Waals surface area contributed by atoms with Gasteiger partial charge in [0.15, 0.2) is 0 Å². The summed E-state index contributed by atoms with van der Waals surface area (Å²) in [6.45, 7) is 4.69. The van der Waals surface area contributed by atoms with Crippen LogP contribution in [0.1, 0.15) is 25.8 Å². The smallest absolute Gasteiger partial charge is 0.315 e. The highest BCUT2D eigenvalue weighted by Crippen LogP contribution is 2.13. The standard InChI is InChI=1S/C18H26N4O2/c1-14(4-5-16-6-8-17(24-3)9-7-16)20-18(23)21-15(2)12-22-11-10-19-13-22/h6-11,13-15H,4-5,12H2,1-3H3,(H2,20,21,23)/t14-,15+/m1/s1. The minimum Gasteiger partial charge on any atom is -0.497 e. The number of imidazole rings is 1. The van der Waals surface area contributed by atoms with Crippen LogP contribution >= 0.6 is 0 Å². The summed E-state index contributed by atoms with van der Waals surface area (Å²) in [5.74, 6) is 0.858. The Morgan fingerprint density at radius 1 is 1.21 bits per heavy atom. The predicted octanol–water partition coefficient (Wildman–Crippen LogP) is 2.60. The van der Waals surface area contributed by atoms with Gasteiger partial charge >= 0.3 is 6.03 Å². The minimum atomic E-state index is -0.134. The number of nitrogens with one attached hydrogen (secondary N) is 2. The van der Waals surface area contributed by atoms with Crippen molar-refractivity contribution >= 4 is 6.03 Å². The highest BCUT2D eigenvalue weighted by Gasteiger charge is 2.11. The Bertz CT molecular complexity index is 610. The molecule has 6 heteroatoms. The number of carbonyl (C=O) groups is 1. The molecule has 0 saturated heterocycles. The Morgan fingerprint density at radius 3 is 2.54 bits per heavy atom. The van der Waals surface area contributed by atoms with Crippen molar-refractivity contribution in [1.29, 1.82) is 0 Å². The van der Waals surface area contributed by atoms with Gasteiger partial charge < -0.3 is 19.9 Å². The second-order valence-corrected chi connectivity index (χ2v) is 6.07. The molecule has 1 aromatic heterocycles. The van der Waals surface area contributed by atoms with Gasteiger partial charge in [-0.2, -0.15) is 0 Å². The number of amides is 2.